The normalized spacial score (nSPS) is 12.2. The van der Waals surface area contributed by atoms with E-state index in [2.05, 4.69) is 30.4 Å². The first kappa shape index (κ1) is 21.5. The number of H-pyrrole nitrogens is 1. The lowest BCUT2D eigenvalue weighted by Crippen LogP contribution is -2.14. The molecule has 1 aromatic carbocycles. The van der Waals surface area contributed by atoms with Gasteiger partial charge in [-0.3, -0.25) is 14.5 Å². The summed E-state index contributed by atoms with van der Waals surface area (Å²) >= 11 is 0. The molecular formula is C26H21N9O. The molecule has 6 rings (SSSR count). The number of rotatable bonds is 5. The highest BCUT2D eigenvalue weighted by atomic mass is 16.1. The van der Waals surface area contributed by atoms with Gasteiger partial charge in [0.2, 0.25) is 0 Å². The van der Waals surface area contributed by atoms with Crippen LogP contribution < -0.4 is 10.9 Å². The molecule has 5 heterocycles. The molecule has 0 saturated heterocycles. The number of fused-ring (bicyclic) bond motifs is 2. The van der Waals surface area contributed by atoms with E-state index in [9.17, 15) is 4.79 Å². The van der Waals surface area contributed by atoms with E-state index in [4.69, 9.17) is 9.97 Å². The molecule has 0 spiro atoms. The van der Waals surface area contributed by atoms with Crippen LogP contribution in [0, 0.1) is 0 Å². The zero-order valence-electron chi connectivity index (χ0n) is 19.5. The lowest BCUT2D eigenvalue weighted by atomic mass is 10.0. The van der Waals surface area contributed by atoms with Gasteiger partial charge in [0.1, 0.15) is 23.2 Å². The highest BCUT2D eigenvalue weighted by molar-refractivity contribution is 5.92. The van der Waals surface area contributed by atoms with E-state index in [0.29, 0.717) is 33.9 Å². The van der Waals surface area contributed by atoms with Gasteiger partial charge < -0.3 is 10.3 Å². The summed E-state index contributed by atoms with van der Waals surface area (Å²) in [4.78, 5) is 38.0. The average Bonchev–Trinajstić information content (AvgIpc) is 3.34. The molecule has 36 heavy (non-hydrogen) atoms. The quantitative estimate of drug-likeness (QED) is 0.384. The van der Waals surface area contributed by atoms with Crippen molar-refractivity contribution in [2.45, 2.75) is 13.0 Å². The third-order valence-corrected chi connectivity index (χ3v) is 5.92. The zero-order chi connectivity index (χ0) is 24.6. The van der Waals surface area contributed by atoms with Crippen LogP contribution in [0.5, 0.6) is 0 Å². The molecule has 5 aromatic heterocycles. The van der Waals surface area contributed by atoms with E-state index in [-0.39, 0.29) is 11.6 Å². The molecule has 2 N–H and O–H groups in total. The number of aryl methyl sites for hydroxylation is 1. The maximum atomic E-state index is 12.6. The van der Waals surface area contributed by atoms with Crippen LogP contribution in [0.25, 0.3) is 44.7 Å². The van der Waals surface area contributed by atoms with Crippen LogP contribution in [-0.2, 0) is 7.05 Å². The summed E-state index contributed by atoms with van der Waals surface area (Å²) < 4.78 is 1.71. The van der Waals surface area contributed by atoms with Crippen LogP contribution in [0.4, 0.5) is 5.69 Å². The molecule has 1 unspecified atom stereocenters. The second kappa shape index (κ2) is 8.66. The van der Waals surface area contributed by atoms with Gasteiger partial charge in [0.15, 0.2) is 5.65 Å². The van der Waals surface area contributed by atoms with Gasteiger partial charge in [0.25, 0.3) is 5.56 Å². The number of nitrogens with zero attached hydrogens (tertiary/aromatic N) is 7. The lowest BCUT2D eigenvalue weighted by molar-refractivity contribution is 0.770. The van der Waals surface area contributed by atoms with Gasteiger partial charge in [-0.1, -0.05) is 12.1 Å². The van der Waals surface area contributed by atoms with Gasteiger partial charge >= 0.3 is 0 Å². The van der Waals surface area contributed by atoms with Gasteiger partial charge in [0.05, 0.1) is 28.6 Å². The van der Waals surface area contributed by atoms with Crippen molar-refractivity contribution in [3.05, 3.63) is 89.5 Å². The van der Waals surface area contributed by atoms with E-state index >= 15 is 0 Å². The molecule has 6 aromatic rings. The number of pyridine rings is 2. The smallest absolute Gasteiger partial charge is 0.251 e. The number of hydrogen-bond donors (Lipinski definition) is 2. The number of anilines is 1. The van der Waals surface area contributed by atoms with Crippen molar-refractivity contribution in [3.63, 3.8) is 0 Å². The molecule has 0 amide bonds. The molecule has 0 bridgehead atoms. The lowest BCUT2D eigenvalue weighted by Gasteiger charge is -2.16. The summed E-state index contributed by atoms with van der Waals surface area (Å²) in [6, 6.07) is 14.9. The van der Waals surface area contributed by atoms with Gasteiger partial charge in [-0.15, -0.1) is 0 Å². The Bertz CT molecular complexity index is 1780. The number of aromatic amines is 1. The number of hydrogen-bond acceptors (Lipinski definition) is 8. The Labute approximate surface area is 205 Å². The Morgan fingerprint density at radius 3 is 2.72 bits per heavy atom. The van der Waals surface area contributed by atoms with Gasteiger partial charge in [-0.2, -0.15) is 5.10 Å². The summed E-state index contributed by atoms with van der Waals surface area (Å²) in [6.45, 7) is 1.96. The summed E-state index contributed by atoms with van der Waals surface area (Å²) in [7, 11) is 1.85. The predicted molar refractivity (Wildman–Crippen MR) is 137 cm³/mol. The molecule has 0 radical (unpaired) electrons. The van der Waals surface area contributed by atoms with Crippen LogP contribution >= 0.6 is 0 Å². The van der Waals surface area contributed by atoms with Crippen molar-refractivity contribution in [2.75, 3.05) is 5.32 Å². The minimum absolute atomic E-state index is 0.189. The van der Waals surface area contributed by atoms with Crippen LogP contribution in [0.2, 0.25) is 0 Å². The molecule has 1 atom stereocenters. The Kier molecular flexibility index (Phi) is 5.18. The highest BCUT2D eigenvalue weighted by Gasteiger charge is 2.19. The van der Waals surface area contributed by atoms with E-state index in [1.807, 2.05) is 62.6 Å². The van der Waals surface area contributed by atoms with Crippen molar-refractivity contribution in [3.8, 4) is 22.6 Å². The molecule has 0 aliphatic rings. The van der Waals surface area contributed by atoms with Crippen molar-refractivity contribution in [2.24, 2.45) is 7.05 Å². The number of aromatic nitrogens is 8. The summed E-state index contributed by atoms with van der Waals surface area (Å²) in [5, 5.41) is 8.91. The van der Waals surface area contributed by atoms with Gasteiger partial charge in [-0.25, -0.2) is 19.9 Å². The standard InChI is InChI=1S/C26H21N9O/c1-15(18-7-10-27-14-29-18)30-21-13-22(36)31-26-25(21)32-23(24(33-26)20-8-11-35(2)34-20)17-5-6-19-16(12-17)4-3-9-28-19/h3-15H,1-2H3,(H2,30,31,33,36). The van der Waals surface area contributed by atoms with Crippen molar-refractivity contribution >= 4 is 27.8 Å². The van der Waals surface area contributed by atoms with E-state index in [0.717, 1.165) is 22.2 Å². The first-order valence-electron chi connectivity index (χ1n) is 11.4. The number of nitrogens with one attached hydrogen (secondary N) is 2. The van der Waals surface area contributed by atoms with E-state index in [1.165, 1.54) is 12.4 Å². The number of benzene rings is 1. The fourth-order valence-electron chi connectivity index (χ4n) is 4.18. The average molecular weight is 476 g/mol. The SMILES string of the molecule is CC(Nc1cc(=O)[nH]c2nc(-c3ccn(C)n3)c(-c3ccc4ncccc4c3)nc12)c1ccncn1. The first-order valence-corrected chi connectivity index (χ1v) is 11.4. The maximum absolute atomic E-state index is 12.6. The summed E-state index contributed by atoms with van der Waals surface area (Å²) in [5.41, 5.74) is 5.60. The largest absolute Gasteiger partial charge is 0.375 e. The molecule has 10 heteroatoms. The second-order valence-corrected chi connectivity index (χ2v) is 8.45. The van der Waals surface area contributed by atoms with E-state index in [1.54, 1.807) is 17.1 Å². The third-order valence-electron chi connectivity index (χ3n) is 5.92. The van der Waals surface area contributed by atoms with Gasteiger partial charge in [-0.05, 0) is 37.3 Å². The molecule has 0 aliphatic heterocycles. The minimum Gasteiger partial charge on any atom is -0.375 e. The summed E-state index contributed by atoms with van der Waals surface area (Å²) in [5.74, 6) is 0. The van der Waals surface area contributed by atoms with Crippen molar-refractivity contribution in [1.29, 1.82) is 0 Å². The molecular weight excluding hydrogens is 454 g/mol. The fraction of sp³-hybridized carbons (Fsp3) is 0.115. The van der Waals surface area contributed by atoms with Crippen LogP contribution in [0.15, 0.2) is 78.2 Å². The zero-order valence-corrected chi connectivity index (χ0v) is 19.5. The molecule has 0 saturated carbocycles. The first-order chi connectivity index (χ1) is 17.5. The Morgan fingerprint density at radius 2 is 1.92 bits per heavy atom. The minimum atomic E-state index is -0.286. The molecule has 10 nitrogen and oxygen atoms in total. The van der Waals surface area contributed by atoms with E-state index < -0.39 is 0 Å². The van der Waals surface area contributed by atoms with Gasteiger partial charge in [0, 0.05) is 42.7 Å². The van der Waals surface area contributed by atoms with Crippen molar-refractivity contribution < 1.29 is 0 Å². The van der Waals surface area contributed by atoms with Crippen molar-refractivity contribution in [1.82, 2.24) is 39.7 Å². The van der Waals surface area contributed by atoms with Crippen LogP contribution in [0.1, 0.15) is 18.7 Å². The monoisotopic (exact) mass is 475 g/mol. The Hall–Kier alpha value is -4.99. The Balaban J connectivity index is 1.57. The summed E-state index contributed by atoms with van der Waals surface area (Å²) in [6.07, 6.45) is 6.79. The second-order valence-electron chi connectivity index (χ2n) is 8.45. The third kappa shape index (κ3) is 3.94. The molecule has 0 aliphatic carbocycles. The predicted octanol–water partition coefficient (Wildman–Crippen LogP) is 3.90. The molecule has 0 fully saturated rings. The topological polar surface area (TPSA) is 127 Å². The van der Waals surface area contributed by atoms with Crippen LogP contribution in [-0.4, -0.2) is 39.7 Å². The van der Waals surface area contributed by atoms with Crippen LogP contribution in [0.3, 0.4) is 0 Å². The highest BCUT2D eigenvalue weighted by Crippen LogP contribution is 2.33. The maximum Gasteiger partial charge on any atom is 0.251 e. The fourth-order valence-corrected chi connectivity index (χ4v) is 4.18. The Morgan fingerprint density at radius 1 is 1.00 bits per heavy atom. The molecule has 176 valence electrons.